The number of carbonyl (C=O) groups is 1. The molecule has 4 rings (SSSR count). The van der Waals surface area contributed by atoms with Crippen LogP contribution in [0.3, 0.4) is 0 Å². The Balaban J connectivity index is 1.39. The first-order valence-electron chi connectivity index (χ1n) is 13.7. The minimum atomic E-state index is -3.76. The first-order chi connectivity index (χ1) is 18.6. The standard InChI is InChI=1S/C30H40ClN3O5S/c1-20(24-9-7-8-10-25(24)31)32-27-33-40(36,37)26(30(5,6)38-27)19-21-11-13-22(14-12-21)23-15-17-34(18-16-23)28(35)39-29(2,3)4/h7-14,20,23,26H,15-19H2,1-6H3,(H,32,33)/t20-,26?/m0/s1. The number of amidine groups is 1. The lowest BCUT2D eigenvalue weighted by Crippen LogP contribution is -2.59. The van der Waals surface area contributed by atoms with Gasteiger partial charge in [0, 0.05) is 18.1 Å². The zero-order valence-corrected chi connectivity index (χ0v) is 25.7. The predicted octanol–water partition coefficient (Wildman–Crippen LogP) is 6.21. The van der Waals surface area contributed by atoms with Crippen LogP contribution >= 0.6 is 11.6 Å². The van der Waals surface area contributed by atoms with Gasteiger partial charge in [-0.25, -0.2) is 22.9 Å². The molecule has 1 unspecified atom stereocenters. The number of nitrogens with zero attached hydrogens (tertiary/aromatic N) is 2. The number of rotatable bonds is 5. The number of hydrogen-bond donors (Lipinski definition) is 1. The molecule has 0 aromatic heterocycles. The largest absolute Gasteiger partial charge is 0.457 e. The van der Waals surface area contributed by atoms with E-state index in [9.17, 15) is 13.2 Å². The number of ether oxygens (including phenoxy) is 2. The molecule has 10 heteroatoms. The van der Waals surface area contributed by atoms with Crippen molar-refractivity contribution in [2.45, 2.75) is 89.2 Å². The molecule has 2 atom stereocenters. The molecule has 1 amide bonds. The molecule has 2 fully saturated rings. The number of amides is 1. The Morgan fingerprint density at radius 2 is 1.77 bits per heavy atom. The highest BCUT2D eigenvalue weighted by Gasteiger charge is 2.47. The van der Waals surface area contributed by atoms with Gasteiger partial charge in [0.15, 0.2) is 0 Å². The Bertz CT molecular complexity index is 1340. The van der Waals surface area contributed by atoms with Crippen molar-refractivity contribution in [1.29, 1.82) is 0 Å². The monoisotopic (exact) mass is 589 g/mol. The second-order valence-electron chi connectivity index (χ2n) is 12.2. The highest BCUT2D eigenvalue weighted by molar-refractivity contribution is 7.90. The third-order valence-corrected chi connectivity index (χ3v) is 9.71. The van der Waals surface area contributed by atoms with E-state index in [1.807, 2.05) is 58.0 Å². The summed E-state index contributed by atoms with van der Waals surface area (Å²) < 4.78 is 40.8. The third kappa shape index (κ3) is 7.29. The number of nitrogens with one attached hydrogen (secondary N) is 1. The predicted molar refractivity (Wildman–Crippen MR) is 158 cm³/mol. The fourth-order valence-corrected chi connectivity index (χ4v) is 7.21. The summed E-state index contributed by atoms with van der Waals surface area (Å²) in [6.45, 7) is 12.3. The normalized spacial score (nSPS) is 22.7. The van der Waals surface area contributed by atoms with E-state index in [1.54, 1.807) is 24.8 Å². The van der Waals surface area contributed by atoms with Gasteiger partial charge in [0.05, 0.1) is 6.04 Å². The zero-order chi connectivity index (χ0) is 29.3. The number of benzene rings is 2. The van der Waals surface area contributed by atoms with E-state index in [4.69, 9.17) is 21.1 Å². The van der Waals surface area contributed by atoms with E-state index in [0.717, 1.165) is 24.0 Å². The average Bonchev–Trinajstić information content (AvgIpc) is 2.85. The molecule has 2 aromatic carbocycles. The summed E-state index contributed by atoms with van der Waals surface area (Å²) in [5, 5.41) is -0.246. The Hall–Kier alpha value is -2.78. The van der Waals surface area contributed by atoms with Crippen LogP contribution in [-0.2, 0) is 25.9 Å². The van der Waals surface area contributed by atoms with Crippen molar-refractivity contribution in [3.8, 4) is 0 Å². The Morgan fingerprint density at radius 3 is 2.35 bits per heavy atom. The molecule has 2 aliphatic heterocycles. The topological polar surface area (TPSA) is 97.3 Å². The molecule has 0 bridgehead atoms. The lowest BCUT2D eigenvalue weighted by Gasteiger charge is -2.39. The maximum Gasteiger partial charge on any atom is 0.410 e. The summed E-state index contributed by atoms with van der Waals surface area (Å²) in [6.07, 6.45) is 1.75. The second-order valence-corrected chi connectivity index (χ2v) is 14.4. The summed E-state index contributed by atoms with van der Waals surface area (Å²) in [7, 11) is -3.76. The maximum atomic E-state index is 13.3. The zero-order valence-electron chi connectivity index (χ0n) is 24.1. The van der Waals surface area contributed by atoms with Crippen molar-refractivity contribution in [3.63, 3.8) is 0 Å². The molecule has 0 spiro atoms. The van der Waals surface area contributed by atoms with E-state index < -0.39 is 26.5 Å². The molecular weight excluding hydrogens is 550 g/mol. The number of aliphatic imine (C=N–C) groups is 1. The highest BCUT2D eigenvalue weighted by Crippen LogP contribution is 2.33. The van der Waals surface area contributed by atoms with Gasteiger partial charge in [0.2, 0.25) is 10.0 Å². The smallest absolute Gasteiger partial charge is 0.410 e. The minimum Gasteiger partial charge on any atom is -0.457 e. The van der Waals surface area contributed by atoms with Crippen molar-refractivity contribution >= 4 is 33.7 Å². The van der Waals surface area contributed by atoms with Crippen LogP contribution in [0.25, 0.3) is 0 Å². The second kappa shape index (κ2) is 11.6. The lowest BCUT2D eigenvalue weighted by molar-refractivity contribution is 0.0204. The van der Waals surface area contributed by atoms with Gasteiger partial charge in [-0.05, 0) is 89.5 Å². The van der Waals surface area contributed by atoms with Crippen LogP contribution in [0.2, 0.25) is 5.02 Å². The summed E-state index contributed by atoms with van der Waals surface area (Å²) in [5.41, 5.74) is 1.38. The molecule has 2 aromatic rings. The molecule has 1 N–H and O–H groups in total. The van der Waals surface area contributed by atoms with Crippen LogP contribution in [-0.4, -0.2) is 55.0 Å². The maximum absolute atomic E-state index is 13.3. The number of carbonyl (C=O) groups excluding carboxylic acids is 1. The van der Waals surface area contributed by atoms with Gasteiger partial charge in [0.1, 0.15) is 16.5 Å². The van der Waals surface area contributed by atoms with E-state index >= 15 is 0 Å². The quantitative estimate of drug-likeness (QED) is 0.447. The molecule has 2 saturated heterocycles. The van der Waals surface area contributed by atoms with Crippen LogP contribution in [0.1, 0.15) is 83.0 Å². The van der Waals surface area contributed by atoms with Gasteiger partial charge in [-0.2, -0.15) is 0 Å². The van der Waals surface area contributed by atoms with Gasteiger partial charge in [0.25, 0.3) is 6.02 Å². The number of hydrogen-bond acceptors (Lipinski definition) is 6. The number of likely N-dealkylation sites (tertiary alicyclic amines) is 1. The summed E-state index contributed by atoms with van der Waals surface area (Å²) in [5.74, 6) is 0.339. The highest BCUT2D eigenvalue weighted by atomic mass is 35.5. The van der Waals surface area contributed by atoms with Crippen molar-refractivity contribution in [2.75, 3.05) is 13.1 Å². The molecule has 8 nitrogen and oxygen atoms in total. The molecular formula is C30H40ClN3O5S. The first kappa shape index (κ1) is 30.2. The average molecular weight is 590 g/mol. The van der Waals surface area contributed by atoms with Gasteiger partial charge in [-0.15, -0.1) is 0 Å². The first-order valence-corrected chi connectivity index (χ1v) is 15.7. The summed E-state index contributed by atoms with van der Waals surface area (Å²) in [6, 6.07) is 15.0. The number of halogens is 1. The lowest BCUT2D eigenvalue weighted by atomic mass is 9.88. The van der Waals surface area contributed by atoms with Crippen LogP contribution in [0.5, 0.6) is 0 Å². The van der Waals surface area contributed by atoms with Crippen LogP contribution in [0, 0.1) is 0 Å². The van der Waals surface area contributed by atoms with Gasteiger partial charge < -0.3 is 14.4 Å². The molecule has 2 aliphatic rings. The summed E-state index contributed by atoms with van der Waals surface area (Å²) in [4.78, 5) is 18.6. The van der Waals surface area contributed by atoms with E-state index in [0.29, 0.717) is 30.5 Å². The van der Waals surface area contributed by atoms with Crippen LogP contribution in [0.4, 0.5) is 4.79 Å². The Morgan fingerprint density at radius 1 is 1.15 bits per heavy atom. The fraction of sp³-hybridized carbons (Fsp3) is 0.533. The van der Waals surface area contributed by atoms with Crippen LogP contribution < -0.4 is 4.72 Å². The molecule has 0 saturated carbocycles. The summed E-state index contributed by atoms with van der Waals surface area (Å²) >= 11 is 6.29. The number of sulfonamides is 1. The Kier molecular flexibility index (Phi) is 8.76. The van der Waals surface area contributed by atoms with Crippen molar-refractivity contribution in [1.82, 2.24) is 9.62 Å². The Labute approximate surface area is 243 Å². The van der Waals surface area contributed by atoms with Crippen molar-refractivity contribution < 1.29 is 22.7 Å². The molecule has 0 radical (unpaired) electrons. The third-order valence-electron chi connectivity index (χ3n) is 7.42. The molecule has 40 heavy (non-hydrogen) atoms. The van der Waals surface area contributed by atoms with Crippen LogP contribution in [0.15, 0.2) is 53.5 Å². The van der Waals surface area contributed by atoms with E-state index in [2.05, 4.69) is 21.8 Å². The fourth-order valence-electron chi connectivity index (χ4n) is 5.23. The van der Waals surface area contributed by atoms with Gasteiger partial charge >= 0.3 is 6.09 Å². The number of piperidine rings is 1. The van der Waals surface area contributed by atoms with Crippen molar-refractivity contribution in [2.24, 2.45) is 4.99 Å². The molecule has 218 valence electrons. The van der Waals surface area contributed by atoms with Gasteiger partial charge in [-0.3, -0.25) is 0 Å². The van der Waals surface area contributed by atoms with E-state index in [1.165, 1.54) is 5.56 Å². The minimum absolute atomic E-state index is 0.0262. The van der Waals surface area contributed by atoms with Gasteiger partial charge in [-0.1, -0.05) is 54.1 Å². The molecule has 0 aliphatic carbocycles. The molecule has 2 heterocycles. The van der Waals surface area contributed by atoms with Crippen molar-refractivity contribution in [3.05, 3.63) is 70.2 Å². The SMILES string of the molecule is C[C@H](N=C1NS(=O)(=O)C(Cc2ccc(C3CCN(C(=O)OC(C)(C)C)CC3)cc2)C(C)(C)O1)c1ccccc1Cl. The van der Waals surface area contributed by atoms with E-state index in [-0.39, 0.29) is 18.2 Å².